The molecule has 1 aliphatic heterocycles. The normalized spacial score (nSPS) is 16.2. The second-order valence-corrected chi connectivity index (χ2v) is 6.92. The Kier molecular flexibility index (Phi) is 7.36. The molecule has 3 rings (SSSR count). The topological polar surface area (TPSA) is 50.5 Å². The van der Waals surface area contributed by atoms with Gasteiger partial charge in [0.05, 0.1) is 6.57 Å². The van der Waals surface area contributed by atoms with Crippen molar-refractivity contribution in [3.63, 3.8) is 0 Å². The minimum absolute atomic E-state index is 0.477. The number of hydrogen-bond acceptors (Lipinski definition) is 4. The fraction of sp³-hybridized carbons (Fsp3) is 0.304. The predicted molar refractivity (Wildman–Crippen MR) is 114 cm³/mol. The van der Waals surface area contributed by atoms with E-state index in [1.54, 1.807) is 18.5 Å². The Balaban J connectivity index is 1.71. The molecule has 144 valence electrons. The Bertz CT molecular complexity index is 863. The smallest absolute Gasteiger partial charge is 0.205 e. The minimum atomic E-state index is 0.477. The maximum Gasteiger partial charge on any atom is 0.205 e. The molecule has 0 aliphatic carbocycles. The molecule has 28 heavy (non-hydrogen) atoms. The Hall–Kier alpha value is -2.94. The van der Waals surface area contributed by atoms with Gasteiger partial charge in [0.25, 0.3) is 0 Å². The summed E-state index contributed by atoms with van der Waals surface area (Å²) in [4.78, 5) is 7.53. The molecule has 2 N–H and O–H groups in total. The largest absolute Gasteiger partial charge is 0.490 e. The van der Waals surface area contributed by atoms with E-state index < -0.39 is 0 Å². The number of ether oxygens (including phenoxy) is 1. The lowest BCUT2D eigenvalue weighted by Crippen LogP contribution is -2.24. The predicted octanol–water partition coefficient (Wildman–Crippen LogP) is 4.07. The van der Waals surface area contributed by atoms with Crippen LogP contribution < -0.4 is 15.4 Å². The summed E-state index contributed by atoms with van der Waals surface area (Å²) >= 11 is 0. The molecule has 1 saturated heterocycles. The number of benzene rings is 1. The van der Waals surface area contributed by atoms with Crippen molar-refractivity contribution in [3.05, 3.63) is 77.4 Å². The van der Waals surface area contributed by atoms with E-state index in [1.165, 1.54) is 12.0 Å². The standard InChI is InChI=1S/C23H26N4O/c1-3-8-28-23-11-18(4-5-19-10-22(24-2)17-27-13-19)9-21(12-23)16-26-15-20-6-7-25-14-20/h3-5,9-13,17,20,25-26H,1,6-8,14-16H2/b5-4+. The molecule has 2 aromatic rings. The van der Waals surface area contributed by atoms with Crippen LogP contribution >= 0.6 is 0 Å². The van der Waals surface area contributed by atoms with Crippen molar-refractivity contribution < 1.29 is 4.74 Å². The van der Waals surface area contributed by atoms with Crippen molar-refractivity contribution >= 4 is 17.8 Å². The lowest BCUT2D eigenvalue weighted by atomic mass is 10.1. The Morgan fingerprint density at radius 2 is 2.14 bits per heavy atom. The zero-order valence-electron chi connectivity index (χ0n) is 16.0. The van der Waals surface area contributed by atoms with Crippen molar-refractivity contribution in [1.82, 2.24) is 15.6 Å². The van der Waals surface area contributed by atoms with Crippen molar-refractivity contribution in [2.45, 2.75) is 13.0 Å². The van der Waals surface area contributed by atoms with Crippen LogP contribution in [0.2, 0.25) is 0 Å². The molecular weight excluding hydrogens is 348 g/mol. The van der Waals surface area contributed by atoms with E-state index in [0.717, 1.165) is 43.1 Å². The number of aromatic nitrogens is 1. The Morgan fingerprint density at radius 3 is 2.93 bits per heavy atom. The molecular formula is C23H26N4O. The first kappa shape index (κ1) is 19.8. The summed E-state index contributed by atoms with van der Waals surface area (Å²) in [5.74, 6) is 1.54. The highest BCUT2D eigenvalue weighted by atomic mass is 16.5. The zero-order valence-corrected chi connectivity index (χ0v) is 16.0. The second kappa shape index (κ2) is 10.4. The fourth-order valence-electron chi connectivity index (χ4n) is 3.22. The molecule has 5 heteroatoms. The van der Waals surface area contributed by atoms with Gasteiger partial charge < -0.3 is 15.4 Å². The first-order valence-corrected chi connectivity index (χ1v) is 9.56. The van der Waals surface area contributed by atoms with Crippen LogP contribution in [0.3, 0.4) is 0 Å². The maximum atomic E-state index is 7.11. The van der Waals surface area contributed by atoms with Gasteiger partial charge in [-0.15, -0.1) is 0 Å². The van der Waals surface area contributed by atoms with Crippen molar-refractivity contribution in [2.24, 2.45) is 5.92 Å². The van der Waals surface area contributed by atoms with Crippen LogP contribution in [0, 0.1) is 12.5 Å². The summed E-state index contributed by atoms with van der Waals surface area (Å²) in [6, 6.07) is 8.06. The fourth-order valence-corrected chi connectivity index (χ4v) is 3.22. The third-order valence-corrected chi connectivity index (χ3v) is 4.62. The third-order valence-electron chi connectivity index (χ3n) is 4.62. The van der Waals surface area contributed by atoms with Crippen molar-refractivity contribution in [1.29, 1.82) is 0 Å². The van der Waals surface area contributed by atoms with E-state index in [1.807, 2.05) is 24.3 Å². The van der Waals surface area contributed by atoms with E-state index in [4.69, 9.17) is 11.3 Å². The monoisotopic (exact) mass is 374 g/mol. The second-order valence-electron chi connectivity index (χ2n) is 6.92. The molecule has 1 aromatic carbocycles. The van der Waals surface area contributed by atoms with Gasteiger partial charge in [0.15, 0.2) is 0 Å². The quantitative estimate of drug-likeness (QED) is 0.513. The molecule has 0 bridgehead atoms. The first-order valence-electron chi connectivity index (χ1n) is 9.56. The Labute approximate surface area is 167 Å². The average Bonchev–Trinajstić information content (AvgIpc) is 3.24. The zero-order chi connectivity index (χ0) is 19.6. The molecule has 5 nitrogen and oxygen atoms in total. The van der Waals surface area contributed by atoms with Gasteiger partial charge in [-0.1, -0.05) is 30.9 Å². The number of hydrogen-bond donors (Lipinski definition) is 2. The highest BCUT2D eigenvalue weighted by Crippen LogP contribution is 2.21. The minimum Gasteiger partial charge on any atom is -0.490 e. The van der Waals surface area contributed by atoms with Gasteiger partial charge in [-0.3, -0.25) is 4.98 Å². The number of pyridine rings is 1. The van der Waals surface area contributed by atoms with Gasteiger partial charge in [0.1, 0.15) is 12.4 Å². The van der Waals surface area contributed by atoms with Crippen molar-refractivity contribution in [2.75, 3.05) is 26.2 Å². The van der Waals surface area contributed by atoms with Gasteiger partial charge in [-0.25, -0.2) is 4.85 Å². The first-order chi connectivity index (χ1) is 13.8. The summed E-state index contributed by atoms with van der Waals surface area (Å²) in [5.41, 5.74) is 3.67. The van der Waals surface area contributed by atoms with Gasteiger partial charge in [-0.05, 0) is 66.9 Å². The molecule has 0 amide bonds. The van der Waals surface area contributed by atoms with Gasteiger partial charge in [0.2, 0.25) is 5.69 Å². The molecule has 1 aliphatic rings. The third kappa shape index (κ3) is 6.05. The van der Waals surface area contributed by atoms with E-state index in [-0.39, 0.29) is 0 Å². The number of rotatable bonds is 9. The molecule has 1 aromatic heterocycles. The van der Waals surface area contributed by atoms with Crippen LogP contribution in [0.1, 0.15) is 23.1 Å². The van der Waals surface area contributed by atoms with Crippen LogP contribution in [0.4, 0.5) is 5.69 Å². The SMILES string of the molecule is [C-]#[N+]c1cncc(/C=C/c2cc(CNCC3CCNC3)cc(OCC=C)c2)c1. The summed E-state index contributed by atoms with van der Waals surface area (Å²) in [6.45, 7) is 15.3. The lowest BCUT2D eigenvalue weighted by molar-refractivity contribution is 0.362. The van der Waals surface area contributed by atoms with Gasteiger partial charge in [0, 0.05) is 18.9 Å². The molecule has 2 heterocycles. The molecule has 0 saturated carbocycles. The summed E-state index contributed by atoms with van der Waals surface area (Å²) < 4.78 is 5.76. The average molecular weight is 374 g/mol. The molecule has 0 radical (unpaired) electrons. The van der Waals surface area contributed by atoms with E-state index in [0.29, 0.717) is 18.2 Å². The molecule has 0 spiro atoms. The van der Waals surface area contributed by atoms with E-state index in [2.05, 4.69) is 39.2 Å². The number of nitrogens with zero attached hydrogens (tertiary/aromatic N) is 2. The summed E-state index contributed by atoms with van der Waals surface area (Å²) in [7, 11) is 0. The number of nitrogens with one attached hydrogen (secondary N) is 2. The maximum absolute atomic E-state index is 7.11. The van der Waals surface area contributed by atoms with Crippen LogP contribution in [0.15, 0.2) is 49.3 Å². The molecule has 1 unspecified atom stereocenters. The van der Waals surface area contributed by atoms with Crippen molar-refractivity contribution in [3.8, 4) is 5.75 Å². The highest BCUT2D eigenvalue weighted by molar-refractivity contribution is 5.71. The lowest BCUT2D eigenvalue weighted by Gasteiger charge is -2.12. The van der Waals surface area contributed by atoms with E-state index >= 15 is 0 Å². The molecule has 1 atom stereocenters. The van der Waals surface area contributed by atoms with Crippen LogP contribution in [-0.2, 0) is 6.54 Å². The van der Waals surface area contributed by atoms with Gasteiger partial charge >= 0.3 is 0 Å². The van der Waals surface area contributed by atoms with Crippen LogP contribution in [0.25, 0.3) is 17.0 Å². The summed E-state index contributed by atoms with van der Waals surface area (Å²) in [5, 5.41) is 6.96. The van der Waals surface area contributed by atoms with Gasteiger partial charge in [-0.2, -0.15) is 0 Å². The highest BCUT2D eigenvalue weighted by Gasteiger charge is 2.13. The summed E-state index contributed by atoms with van der Waals surface area (Å²) in [6.07, 6.45) is 10.3. The van der Waals surface area contributed by atoms with Crippen LogP contribution in [-0.4, -0.2) is 31.2 Å². The van der Waals surface area contributed by atoms with E-state index in [9.17, 15) is 0 Å². The molecule has 1 fully saturated rings. The Morgan fingerprint density at radius 1 is 1.25 bits per heavy atom. The van der Waals surface area contributed by atoms with Crippen LogP contribution in [0.5, 0.6) is 5.75 Å².